The van der Waals surface area contributed by atoms with Crippen molar-refractivity contribution in [3.63, 3.8) is 0 Å². The van der Waals surface area contributed by atoms with E-state index in [0.717, 1.165) is 15.7 Å². The fourth-order valence-corrected chi connectivity index (χ4v) is 1.98. The smallest absolute Gasteiger partial charge is 0.125 e. The number of nitrogen functional groups attached to an aromatic ring is 1. The van der Waals surface area contributed by atoms with E-state index in [1.165, 1.54) is 12.1 Å². The van der Waals surface area contributed by atoms with Gasteiger partial charge in [0.2, 0.25) is 0 Å². The molecule has 0 bridgehead atoms. The summed E-state index contributed by atoms with van der Waals surface area (Å²) in [4.78, 5) is 0. The zero-order chi connectivity index (χ0) is 12.4. The zero-order valence-electron chi connectivity index (χ0n) is 9.30. The molecule has 2 rings (SSSR count). The van der Waals surface area contributed by atoms with Crippen LogP contribution in [0.5, 0.6) is 0 Å². The molecule has 0 aliphatic carbocycles. The Morgan fingerprint density at radius 2 is 1.94 bits per heavy atom. The van der Waals surface area contributed by atoms with Crippen molar-refractivity contribution in [2.45, 2.75) is 6.92 Å². The molecule has 0 aliphatic rings. The number of nitrogens with two attached hydrogens (primary N) is 1. The average Bonchev–Trinajstić information content (AvgIpc) is 2.22. The van der Waals surface area contributed by atoms with E-state index in [1.807, 2.05) is 25.1 Å². The first-order valence-corrected chi connectivity index (χ1v) is 5.93. The number of nitrogens with one attached hydrogen (secondary N) is 1. The predicted octanol–water partition coefficient (Wildman–Crippen LogP) is 4.22. The van der Waals surface area contributed by atoms with Crippen molar-refractivity contribution in [3.05, 3.63) is 52.3 Å². The molecule has 3 N–H and O–H groups in total. The summed E-state index contributed by atoms with van der Waals surface area (Å²) >= 11 is 3.36. The molecule has 0 heterocycles. The Kier molecular flexibility index (Phi) is 3.33. The maximum Gasteiger partial charge on any atom is 0.125 e. The van der Waals surface area contributed by atoms with Gasteiger partial charge in [0.25, 0.3) is 0 Å². The van der Waals surface area contributed by atoms with Crippen LogP contribution in [0.3, 0.4) is 0 Å². The average molecular weight is 295 g/mol. The predicted molar refractivity (Wildman–Crippen MR) is 73.0 cm³/mol. The van der Waals surface area contributed by atoms with Crippen LogP contribution in [0.15, 0.2) is 40.9 Å². The van der Waals surface area contributed by atoms with Gasteiger partial charge in [0, 0.05) is 15.8 Å². The van der Waals surface area contributed by atoms with Crippen molar-refractivity contribution >= 4 is 33.0 Å². The van der Waals surface area contributed by atoms with E-state index in [2.05, 4.69) is 21.2 Å². The largest absolute Gasteiger partial charge is 0.399 e. The van der Waals surface area contributed by atoms with E-state index < -0.39 is 0 Å². The summed E-state index contributed by atoms with van der Waals surface area (Å²) in [6.45, 7) is 1.96. The van der Waals surface area contributed by atoms with Gasteiger partial charge in [-0.05, 0) is 64.8 Å². The molecule has 0 saturated carbocycles. The molecule has 0 amide bonds. The third kappa shape index (κ3) is 2.97. The molecule has 4 heteroatoms. The molecular weight excluding hydrogens is 283 g/mol. The Hall–Kier alpha value is -1.55. The van der Waals surface area contributed by atoms with Gasteiger partial charge in [-0.1, -0.05) is 0 Å². The molecule has 0 aliphatic heterocycles. The highest BCUT2D eigenvalue weighted by Gasteiger charge is 2.03. The second-order valence-electron chi connectivity index (χ2n) is 3.88. The van der Waals surface area contributed by atoms with Gasteiger partial charge >= 0.3 is 0 Å². The standard InChI is InChI=1S/C13H12BrFN2/c1-8-4-10(16)7-11(5-8)17-13-6-9(15)2-3-12(13)14/h2-7,17H,16H2,1H3. The van der Waals surface area contributed by atoms with Gasteiger partial charge in [-0.15, -0.1) is 0 Å². The molecule has 88 valence electrons. The van der Waals surface area contributed by atoms with Crippen LogP contribution in [0.4, 0.5) is 21.5 Å². The molecule has 0 spiro atoms. The van der Waals surface area contributed by atoms with E-state index in [-0.39, 0.29) is 5.82 Å². The number of anilines is 3. The molecule has 0 saturated heterocycles. The molecule has 0 radical (unpaired) electrons. The SMILES string of the molecule is Cc1cc(N)cc(Nc2cc(F)ccc2Br)c1. The van der Waals surface area contributed by atoms with Crippen LogP contribution in [0.25, 0.3) is 0 Å². The lowest BCUT2D eigenvalue weighted by Crippen LogP contribution is -1.95. The van der Waals surface area contributed by atoms with Gasteiger partial charge in [-0.25, -0.2) is 4.39 Å². The lowest BCUT2D eigenvalue weighted by Gasteiger charge is -2.10. The van der Waals surface area contributed by atoms with Gasteiger partial charge in [0.15, 0.2) is 0 Å². The van der Waals surface area contributed by atoms with Crippen LogP contribution in [-0.2, 0) is 0 Å². The van der Waals surface area contributed by atoms with Crippen LogP contribution in [-0.4, -0.2) is 0 Å². The summed E-state index contributed by atoms with van der Waals surface area (Å²) < 4.78 is 13.9. The van der Waals surface area contributed by atoms with Gasteiger partial charge in [0.1, 0.15) is 5.82 Å². The molecule has 0 aromatic heterocycles. The third-order valence-corrected chi connectivity index (χ3v) is 3.00. The third-order valence-electron chi connectivity index (χ3n) is 2.31. The van der Waals surface area contributed by atoms with Crippen LogP contribution < -0.4 is 11.1 Å². The summed E-state index contributed by atoms with van der Waals surface area (Å²) in [7, 11) is 0. The summed E-state index contributed by atoms with van der Waals surface area (Å²) in [6.07, 6.45) is 0. The first-order chi connectivity index (χ1) is 8.04. The normalized spacial score (nSPS) is 10.3. The Balaban J connectivity index is 2.34. The quantitative estimate of drug-likeness (QED) is 0.814. The van der Waals surface area contributed by atoms with E-state index in [1.54, 1.807) is 6.07 Å². The lowest BCUT2D eigenvalue weighted by atomic mass is 10.2. The molecule has 17 heavy (non-hydrogen) atoms. The number of hydrogen-bond acceptors (Lipinski definition) is 2. The monoisotopic (exact) mass is 294 g/mol. The number of aryl methyl sites for hydroxylation is 1. The Morgan fingerprint density at radius 1 is 1.18 bits per heavy atom. The minimum Gasteiger partial charge on any atom is -0.399 e. The van der Waals surface area contributed by atoms with Crippen molar-refractivity contribution in [1.82, 2.24) is 0 Å². The summed E-state index contributed by atoms with van der Waals surface area (Å²) in [5, 5.41) is 3.13. The number of benzene rings is 2. The fraction of sp³-hybridized carbons (Fsp3) is 0.0769. The van der Waals surface area contributed by atoms with Crippen LogP contribution in [0, 0.1) is 12.7 Å². The highest BCUT2D eigenvalue weighted by molar-refractivity contribution is 9.10. The molecule has 2 nitrogen and oxygen atoms in total. The van der Waals surface area contributed by atoms with Crippen LogP contribution >= 0.6 is 15.9 Å². The van der Waals surface area contributed by atoms with E-state index in [0.29, 0.717) is 11.4 Å². The van der Waals surface area contributed by atoms with Crippen molar-refractivity contribution in [2.75, 3.05) is 11.1 Å². The van der Waals surface area contributed by atoms with Gasteiger partial charge < -0.3 is 11.1 Å². The summed E-state index contributed by atoms with van der Waals surface area (Å²) in [6, 6.07) is 10.1. The van der Waals surface area contributed by atoms with Crippen molar-refractivity contribution < 1.29 is 4.39 Å². The van der Waals surface area contributed by atoms with Crippen molar-refractivity contribution in [1.29, 1.82) is 0 Å². The highest BCUT2D eigenvalue weighted by Crippen LogP contribution is 2.27. The Morgan fingerprint density at radius 3 is 2.65 bits per heavy atom. The van der Waals surface area contributed by atoms with E-state index in [9.17, 15) is 4.39 Å². The van der Waals surface area contributed by atoms with Gasteiger partial charge in [0.05, 0.1) is 5.69 Å². The molecule has 2 aromatic carbocycles. The molecular formula is C13H12BrFN2. The first kappa shape index (κ1) is 11.9. The summed E-state index contributed by atoms with van der Waals surface area (Å²) in [5.74, 6) is -0.281. The van der Waals surface area contributed by atoms with E-state index >= 15 is 0 Å². The van der Waals surface area contributed by atoms with Crippen molar-refractivity contribution in [2.24, 2.45) is 0 Å². The maximum atomic E-state index is 13.1. The van der Waals surface area contributed by atoms with Crippen LogP contribution in [0.1, 0.15) is 5.56 Å². The number of halogens is 2. The minimum atomic E-state index is -0.281. The Labute approximate surface area is 108 Å². The van der Waals surface area contributed by atoms with E-state index in [4.69, 9.17) is 5.73 Å². The number of rotatable bonds is 2. The zero-order valence-corrected chi connectivity index (χ0v) is 10.9. The number of hydrogen-bond donors (Lipinski definition) is 2. The lowest BCUT2D eigenvalue weighted by molar-refractivity contribution is 0.628. The fourth-order valence-electron chi connectivity index (χ4n) is 1.63. The highest BCUT2D eigenvalue weighted by atomic mass is 79.9. The van der Waals surface area contributed by atoms with Crippen molar-refractivity contribution in [3.8, 4) is 0 Å². The minimum absolute atomic E-state index is 0.281. The molecule has 0 atom stereocenters. The Bertz CT molecular complexity index is 535. The molecule has 0 fully saturated rings. The van der Waals surface area contributed by atoms with Gasteiger partial charge in [-0.2, -0.15) is 0 Å². The molecule has 2 aromatic rings. The second-order valence-corrected chi connectivity index (χ2v) is 4.74. The second kappa shape index (κ2) is 4.75. The topological polar surface area (TPSA) is 38.0 Å². The summed E-state index contributed by atoms with van der Waals surface area (Å²) in [5.41, 5.74) is 9.01. The maximum absolute atomic E-state index is 13.1. The van der Waals surface area contributed by atoms with Crippen LogP contribution in [0.2, 0.25) is 0 Å². The molecule has 0 unspecified atom stereocenters. The van der Waals surface area contributed by atoms with Gasteiger partial charge in [-0.3, -0.25) is 0 Å². The first-order valence-electron chi connectivity index (χ1n) is 5.14.